The highest BCUT2D eigenvalue weighted by Gasteiger charge is 2.23. The number of H-pyrrole nitrogens is 1. The Morgan fingerprint density at radius 2 is 1.93 bits per heavy atom. The summed E-state index contributed by atoms with van der Waals surface area (Å²) in [6.07, 6.45) is 0.879. The van der Waals surface area contributed by atoms with E-state index in [1.165, 1.54) is 0 Å². The Morgan fingerprint density at radius 1 is 1.11 bits per heavy atom. The number of carbonyl (C=O) groups is 1. The molecule has 1 aliphatic rings. The SMILES string of the molecule is Cc1cc(C)nc(N2CCCN(C(=O)c3cc(-c4cccs4)[nH]n3)CC2)n1. The number of nitrogens with one attached hydrogen (secondary N) is 1. The second kappa shape index (κ2) is 7.48. The normalized spacial score (nSPS) is 15.0. The summed E-state index contributed by atoms with van der Waals surface area (Å²) in [5.74, 6) is 0.721. The van der Waals surface area contributed by atoms with Crippen molar-refractivity contribution < 1.29 is 4.79 Å². The van der Waals surface area contributed by atoms with Gasteiger partial charge in [0.25, 0.3) is 5.91 Å². The molecule has 1 N–H and O–H groups in total. The smallest absolute Gasteiger partial charge is 0.274 e. The van der Waals surface area contributed by atoms with Crippen molar-refractivity contribution in [3.8, 4) is 10.6 Å². The molecule has 140 valence electrons. The minimum Gasteiger partial charge on any atom is -0.339 e. The third-order valence-corrected chi connectivity index (χ3v) is 5.52. The Morgan fingerprint density at radius 3 is 2.67 bits per heavy atom. The molecule has 8 heteroatoms. The van der Waals surface area contributed by atoms with Gasteiger partial charge in [-0.05, 0) is 43.8 Å². The van der Waals surface area contributed by atoms with Crippen LogP contribution in [-0.2, 0) is 0 Å². The first kappa shape index (κ1) is 17.7. The molecule has 0 aliphatic carbocycles. The van der Waals surface area contributed by atoms with Crippen molar-refractivity contribution in [2.45, 2.75) is 20.3 Å². The highest BCUT2D eigenvalue weighted by atomic mass is 32.1. The summed E-state index contributed by atoms with van der Waals surface area (Å²) in [6, 6.07) is 7.81. The molecule has 1 aliphatic heterocycles. The Balaban J connectivity index is 1.45. The van der Waals surface area contributed by atoms with Crippen molar-refractivity contribution in [2.75, 3.05) is 31.1 Å². The fourth-order valence-corrected chi connectivity index (χ4v) is 4.01. The first-order valence-corrected chi connectivity index (χ1v) is 9.94. The van der Waals surface area contributed by atoms with E-state index in [0.29, 0.717) is 18.8 Å². The van der Waals surface area contributed by atoms with Crippen LogP contribution in [0.15, 0.2) is 29.6 Å². The van der Waals surface area contributed by atoms with Gasteiger partial charge in [0.2, 0.25) is 5.95 Å². The fourth-order valence-electron chi connectivity index (χ4n) is 3.32. The molecule has 0 unspecified atom stereocenters. The zero-order chi connectivity index (χ0) is 18.8. The van der Waals surface area contributed by atoms with Crippen LogP contribution >= 0.6 is 11.3 Å². The van der Waals surface area contributed by atoms with Crippen molar-refractivity contribution >= 4 is 23.2 Å². The zero-order valence-corrected chi connectivity index (χ0v) is 16.3. The van der Waals surface area contributed by atoms with E-state index in [4.69, 9.17) is 0 Å². The van der Waals surface area contributed by atoms with Gasteiger partial charge in [0.1, 0.15) is 0 Å². The molecule has 0 spiro atoms. The minimum absolute atomic E-state index is 0.0303. The largest absolute Gasteiger partial charge is 0.339 e. The van der Waals surface area contributed by atoms with E-state index in [2.05, 4.69) is 25.1 Å². The molecule has 7 nitrogen and oxygen atoms in total. The molecule has 4 rings (SSSR count). The highest BCUT2D eigenvalue weighted by molar-refractivity contribution is 7.13. The molecular weight excluding hydrogens is 360 g/mol. The molecule has 0 radical (unpaired) electrons. The number of aryl methyl sites for hydroxylation is 2. The molecule has 0 atom stereocenters. The number of anilines is 1. The van der Waals surface area contributed by atoms with Gasteiger partial charge in [0.05, 0.1) is 10.6 Å². The Labute approximate surface area is 162 Å². The monoisotopic (exact) mass is 382 g/mol. The van der Waals surface area contributed by atoms with Crippen molar-refractivity contribution in [1.82, 2.24) is 25.1 Å². The van der Waals surface area contributed by atoms with E-state index >= 15 is 0 Å². The van der Waals surface area contributed by atoms with Crippen LogP contribution in [0.2, 0.25) is 0 Å². The summed E-state index contributed by atoms with van der Waals surface area (Å²) in [5, 5.41) is 9.21. The van der Waals surface area contributed by atoms with E-state index in [9.17, 15) is 4.79 Å². The van der Waals surface area contributed by atoms with Crippen LogP contribution in [0.1, 0.15) is 28.3 Å². The molecule has 4 heterocycles. The number of aromatic nitrogens is 4. The van der Waals surface area contributed by atoms with Crippen LogP contribution in [-0.4, -0.2) is 57.2 Å². The second-order valence-electron chi connectivity index (χ2n) is 6.73. The van der Waals surface area contributed by atoms with Crippen molar-refractivity contribution in [3.05, 3.63) is 46.7 Å². The molecule has 1 saturated heterocycles. The maximum atomic E-state index is 12.9. The topological polar surface area (TPSA) is 78.0 Å². The predicted octanol–water partition coefficient (Wildman–Crippen LogP) is 2.90. The van der Waals surface area contributed by atoms with Crippen molar-refractivity contribution in [3.63, 3.8) is 0 Å². The maximum absolute atomic E-state index is 12.9. The number of nitrogens with zero attached hydrogens (tertiary/aromatic N) is 5. The second-order valence-corrected chi connectivity index (χ2v) is 7.68. The molecule has 27 heavy (non-hydrogen) atoms. The van der Waals surface area contributed by atoms with Crippen LogP contribution in [0.3, 0.4) is 0 Å². The predicted molar refractivity (Wildman–Crippen MR) is 106 cm³/mol. The lowest BCUT2D eigenvalue weighted by atomic mass is 10.3. The van der Waals surface area contributed by atoms with Crippen LogP contribution < -0.4 is 4.90 Å². The lowest BCUT2D eigenvalue weighted by Crippen LogP contribution is -2.35. The van der Waals surface area contributed by atoms with E-state index in [-0.39, 0.29) is 5.91 Å². The number of carbonyl (C=O) groups excluding carboxylic acids is 1. The van der Waals surface area contributed by atoms with Gasteiger partial charge < -0.3 is 9.80 Å². The van der Waals surface area contributed by atoms with Crippen LogP contribution in [0.4, 0.5) is 5.95 Å². The van der Waals surface area contributed by atoms with Gasteiger partial charge in [-0.15, -0.1) is 11.3 Å². The van der Waals surface area contributed by atoms with E-state index in [0.717, 1.165) is 47.4 Å². The standard InChI is InChI=1S/C19H22N6OS/c1-13-11-14(2)21-19(20-13)25-7-4-6-24(8-9-25)18(26)16-12-15(22-23-16)17-5-3-10-27-17/h3,5,10-12H,4,6-9H2,1-2H3,(H,22,23). The van der Waals surface area contributed by atoms with Gasteiger partial charge in [0, 0.05) is 37.6 Å². The maximum Gasteiger partial charge on any atom is 0.274 e. The number of rotatable bonds is 3. The van der Waals surface area contributed by atoms with E-state index in [1.807, 2.05) is 48.4 Å². The lowest BCUT2D eigenvalue weighted by Gasteiger charge is -2.22. The first-order chi connectivity index (χ1) is 13.1. The molecule has 1 fully saturated rings. The van der Waals surface area contributed by atoms with Gasteiger partial charge in [-0.3, -0.25) is 9.89 Å². The van der Waals surface area contributed by atoms with Crippen LogP contribution in [0.5, 0.6) is 0 Å². The van der Waals surface area contributed by atoms with E-state index < -0.39 is 0 Å². The van der Waals surface area contributed by atoms with Gasteiger partial charge in [-0.1, -0.05) is 6.07 Å². The van der Waals surface area contributed by atoms with Crippen molar-refractivity contribution in [2.24, 2.45) is 0 Å². The van der Waals surface area contributed by atoms with Crippen LogP contribution in [0, 0.1) is 13.8 Å². The van der Waals surface area contributed by atoms with Crippen LogP contribution in [0.25, 0.3) is 10.6 Å². The quantitative estimate of drug-likeness (QED) is 0.754. The number of amides is 1. The third kappa shape index (κ3) is 3.85. The van der Waals surface area contributed by atoms with Gasteiger partial charge in [-0.2, -0.15) is 5.10 Å². The molecule has 0 bridgehead atoms. The lowest BCUT2D eigenvalue weighted by molar-refractivity contribution is 0.0761. The molecule has 1 amide bonds. The average Bonchev–Trinajstić information content (AvgIpc) is 3.27. The minimum atomic E-state index is -0.0303. The summed E-state index contributed by atoms with van der Waals surface area (Å²) < 4.78 is 0. The molecule has 3 aromatic rings. The van der Waals surface area contributed by atoms with Gasteiger partial charge in [0.15, 0.2) is 5.69 Å². The van der Waals surface area contributed by atoms with E-state index in [1.54, 1.807) is 11.3 Å². The Bertz CT molecular complexity index is 915. The summed E-state index contributed by atoms with van der Waals surface area (Å²) >= 11 is 1.62. The summed E-state index contributed by atoms with van der Waals surface area (Å²) in [7, 11) is 0. The molecular formula is C19H22N6OS. The first-order valence-electron chi connectivity index (χ1n) is 9.06. The van der Waals surface area contributed by atoms with Gasteiger partial charge in [-0.25, -0.2) is 9.97 Å². The average molecular weight is 382 g/mol. The van der Waals surface area contributed by atoms with Crippen molar-refractivity contribution in [1.29, 1.82) is 0 Å². The molecule has 0 aromatic carbocycles. The summed E-state index contributed by atoms with van der Waals surface area (Å²) in [5.41, 5.74) is 3.28. The van der Waals surface area contributed by atoms with Gasteiger partial charge >= 0.3 is 0 Å². The fraction of sp³-hybridized carbons (Fsp3) is 0.368. The highest BCUT2D eigenvalue weighted by Crippen LogP contribution is 2.23. The number of thiophene rings is 1. The number of hydrogen-bond donors (Lipinski definition) is 1. The Kier molecular flexibility index (Phi) is 4.89. The zero-order valence-electron chi connectivity index (χ0n) is 15.5. The number of hydrogen-bond acceptors (Lipinski definition) is 6. The third-order valence-electron chi connectivity index (χ3n) is 4.62. The summed E-state index contributed by atoms with van der Waals surface area (Å²) in [6.45, 7) is 6.87. The Hall–Kier alpha value is -2.74. The molecule has 0 saturated carbocycles. The summed E-state index contributed by atoms with van der Waals surface area (Å²) in [4.78, 5) is 27.1. The number of aromatic amines is 1. The molecule has 3 aromatic heterocycles.